The summed E-state index contributed by atoms with van der Waals surface area (Å²) in [5.74, 6) is -0.458. The van der Waals surface area contributed by atoms with Crippen LogP contribution in [-0.2, 0) is 0 Å². The Labute approximate surface area is 158 Å². The molecule has 0 fully saturated rings. The minimum absolute atomic E-state index is 0.458. The summed E-state index contributed by atoms with van der Waals surface area (Å²) in [5, 5.41) is 8.32. The highest BCUT2D eigenvalue weighted by Crippen LogP contribution is 2.27. The third-order valence-electron chi connectivity index (χ3n) is 4.80. The molecule has 1 aromatic heterocycles. The predicted molar refractivity (Wildman–Crippen MR) is 104 cm³/mol. The van der Waals surface area contributed by atoms with Crippen molar-refractivity contribution in [1.82, 2.24) is 20.1 Å². The quantitative estimate of drug-likeness (QED) is 0.652. The Morgan fingerprint density at radius 2 is 2.00 bits per heavy atom. The Bertz CT molecular complexity index is 978. The van der Waals surface area contributed by atoms with E-state index in [-0.39, 0.29) is 0 Å². The summed E-state index contributed by atoms with van der Waals surface area (Å²) in [6.45, 7) is 5.33. The third-order valence-corrected chi connectivity index (χ3v) is 4.80. The molecule has 0 spiro atoms. The summed E-state index contributed by atoms with van der Waals surface area (Å²) < 4.78 is 0. The van der Waals surface area contributed by atoms with E-state index in [2.05, 4.69) is 34.3 Å². The SMILES string of the molecule is CCCN1CC=C(c2cccc3c2nnn3OC(=O)c2ccccc2)CC1. The molecule has 2 heterocycles. The molecule has 0 amide bonds. The van der Waals surface area contributed by atoms with E-state index in [1.807, 2.05) is 18.2 Å². The highest BCUT2D eigenvalue weighted by atomic mass is 16.7. The number of aromatic nitrogens is 3. The first kappa shape index (κ1) is 17.4. The maximum atomic E-state index is 12.3. The van der Waals surface area contributed by atoms with Crippen molar-refractivity contribution in [1.29, 1.82) is 0 Å². The molecule has 138 valence electrons. The van der Waals surface area contributed by atoms with Crippen molar-refractivity contribution in [2.45, 2.75) is 19.8 Å². The number of hydrogen-bond acceptors (Lipinski definition) is 5. The smallest absolute Gasteiger partial charge is 0.312 e. The van der Waals surface area contributed by atoms with E-state index in [1.54, 1.807) is 24.3 Å². The number of benzene rings is 2. The summed E-state index contributed by atoms with van der Waals surface area (Å²) in [6.07, 6.45) is 4.42. The molecule has 0 atom stereocenters. The van der Waals surface area contributed by atoms with Gasteiger partial charge in [-0.1, -0.05) is 48.2 Å². The lowest BCUT2D eigenvalue weighted by Gasteiger charge is -2.25. The minimum Gasteiger partial charge on any atom is -0.312 e. The van der Waals surface area contributed by atoms with E-state index >= 15 is 0 Å². The van der Waals surface area contributed by atoms with E-state index in [0.717, 1.165) is 37.1 Å². The van der Waals surface area contributed by atoms with Crippen molar-refractivity contribution in [3.8, 4) is 0 Å². The maximum Gasteiger partial charge on any atom is 0.365 e. The second-order valence-corrected chi connectivity index (χ2v) is 6.66. The van der Waals surface area contributed by atoms with Crippen LogP contribution in [0.1, 0.15) is 35.7 Å². The fraction of sp³-hybridized carbons (Fsp3) is 0.286. The monoisotopic (exact) mass is 362 g/mol. The zero-order valence-electron chi connectivity index (χ0n) is 15.3. The van der Waals surface area contributed by atoms with Gasteiger partial charge in [-0.15, -0.1) is 5.10 Å². The second kappa shape index (κ2) is 7.72. The topological polar surface area (TPSA) is 60.3 Å². The van der Waals surface area contributed by atoms with Crippen LogP contribution < -0.4 is 4.84 Å². The van der Waals surface area contributed by atoms with Crippen LogP contribution in [0.2, 0.25) is 0 Å². The fourth-order valence-electron chi connectivity index (χ4n) is 3.43. The van der Waals surface area contributed by atoms with Crippen LogP contribution in [0.3, 0.4) is 0 Å². The number of fused-ring (bicyclic) bond motifs is 1. The van der Waals surface area contributed by atoms with E-state index in [4.69, 9.17) is 4.84 Å². The van der Waals surface area contributed by atoms with Gasteiger partial charge in [0.15, 0.2) is 0 Å². The molecule has 0 N–H and O–H groups in total. The Balaban J connectivity index is 1.60. The average molecular weight is 362 g/mol. The first-order valence-corrected chi connectivity index (χ1v) is 9.30. The van der Waals surface area contributed by atoms with Crippen LogP contribution >= 0.6 is 0 Å². The van der Waals surface area contributed by atoms with Crippen LogP contribution in [0.4, 0.5) is 0 Å². The van der Waals surface area contributed by atoms with Crippen LogP contribution in [-0.4, -0.2) is 45.7 Å². The van der Waals surface area contributed by atoms with Gasteiger partial charge in [0.25, 0.3) is 0 Å². The fourth-order valence-corrected chi connectivity index (χ4v) is 3.43. The molecular weight excluding hydrogens is 340 g/mol. The summed E-state index contributed by atoms with van der Waals surface area (Å²) in [7, 11) is 0. The van der Waals surface area contributed by atoms with Gasteiger partial charge in [0.2, 0.25) is 0 Å². The van der Waals surface area contributed by atoms with Gasteiger partial charge in [-0.25, -0.2) is 4.79 Å². The summed E-state index contributed by atoms with van der Waals surface area (Å²) >= 11 is 0. The first-order valence-electron chi connectivity index (χ1n) is 9.30. The van der Waals surface area contributed by atoms with E-state index in [0.29, 0.717) is 11.1 Å². The summed E-state index contributed by atoms with van der Waals surface area (Å²) in [4.78, 5) is 21.4. The number of carbonyl (C=O) groups is 1. The van der Waals surface area contributed by atoms with Crippen LogP contribution in [0.5, 0.6) is 0 Å². The predicted octanol–water partition coefficient (Wildman–Crippen LogP) is 3.20. The van der Waals surface area contributed by atoms with Crippen molar-refractivity contribution >= 4 is 22.6 Å². The number of rotatable bonds is 5. The lowest BCUT2D eigenvalue weighted by molar-refractivity contribution is 0.0409. The molecule has 4 rings (SSSR count). The zero-order valence-corrected chi connectivity index (χ0v) is 15.3. The molecule has 0 saturated carbocycles. The molecule has 6 heteroatoms. The van der Waals surface area contributed by atoms with Gasteiger partial charge in [0, 0.05) is 18.7 Å². The maximum absolute atomic E-state index is 12.3. The Hall–Kier alpha value is -2.99. The van der Waals surface area contributed by atoms with E-state index in [1.165, 1.54) is 16.8 Å². The highest BCUT2D eigenvalue weighted by molar-refractivity contribution is 5.91. The molecule has 0 radical (unpaired) electrons. The van der Waals surface area contributed by atoms with Crippen molar-refractivity contribution in [3.05, 3.63) is 65.7 Å². The van der Waals surface area contributed by atoms with Crippen LogP contribution in [0, 0.1) is 0 Å². The van der Waals surface area contributed by atoms with Crippen LogP contribution in [0.25, 0.3) is 16.6 Å². The van der Waals surface area contributed by atoms with Gasteiger partial charge >= 0.3 is 5.97 Å². The van der Waals surface area contributed by atoms with Crippen molar-refractivity contribution in [2.24, 2.45) is 0 Å². The molecule has 27 heavy (non-hydrogen) atoms. The number of hydrogen-bond donors (Lipinski definition) is 0. The molecule has 0 aliphatic carbocycles. The second-order valence-electron chi connectivity index (χ2n) is 6.66. The highest BCUT2D eigenvalue weighted by Gasteiger charge is 2.18. The van der Waals surface area contributed by atoms with Gasteiger partial charge in [0.1, 0.15) is 11.0 Å². The normalized spacial score (nSPS) is 14.9. The Morgan fingerprint density at radius 1 is 1.15 bits per heavy atom. The minimum atomic E-state index is -0.458. The summed E-state index contributed by atoms with van der Waals surface area (Å²) in [6, 6.07) is 14.7. The Morgan fingerprint density at radius 3 is 2.74 bits per heavy atom. The molecule has 1 aliphatic rings. The molecule has 1 aliphatic heterocycles. The largest absolute Gasteiger partial charge is 0.365 e. The molecule has 6 nitrogen and oxygen atoms in total. The number of carbonyl (C=O) groups excluding carboxylic acids is 1. The molecule has 0 bridgehead atoms. The van der Waals surface area contributed by atoms with Gasteiger partial charge in [-0.3, -0.25) is 4.90 Å². The lowest BCUT2D eigenvalue weighted by atomic mass is 9.98. The van der Waals surface area contributed by atoms with Crippen molar-refractivity contribution in [2.75, 3.05) is 19.6 Å². The molecular formula is C21H22N4O2. The zero-order chi connectivity index (χ0) is 18.6. The lowest BCUT2D eigenvalue weighted by Crippen LogP contribution is -2.29. The van der Waals surface area contributed by atoms with Gasteiger partial charge < -0.3 is 4.84 Å². The molecule has 2 aromatic carbocycles. The van der Waals surface area contributed by atoms with Crippen molar-refractivity contribution < 1.29 is 9.63 Å². The van der Waals surface area contributed by atoms with E-state index < -0.39 is 5.97 Å². The number of nitrogens with zero attached hydrogens (tertiary/aromatic N) is 4. The molecule has 3 aromatic rings. The average Bonchev–Trinajstić information content (AvgIpc) is 3.12. The Kier molecular flexibility index (Phi) is 4.98. The van der Waals surface area contributed by atoms with Gasteiger partial charge in [0.05, 0.1) is 5.56 Å². The molecule has 0 unspecified atom stereocenters. The van der Waals surface area contributed by atoms with Gasteiger partial charge in [-0.05, 0) is 48.4 Å². The summed E-state index contributed by atoms with van der Waals surface area (Å²) in [5.41, 5.74) is 4.26. The first-order chi connectivity index (χ1) is 13.3. The third kappa shape index (κ3) is 3.61. The van der Waals surface area contributed by atoms with E-state index in [9.17, 15) is 4.79 Å². The molecule has 0 saturated heterocycles. The van der Waals surface area contributed by atoms with Gasteiger partial charge in [-0.2, -0.15) is 0 Å². The standard InChI is InChI=1S/C21H22N4O2/c1-2-13-24-14-11-16(12-15-24)18-9-6-10-19-20(18)22-23-25(19)27-21(26)17-7-4-3-5-8-17/h3-11H,2,12-15H2,1H3. The van der Waals surface area contributed by atoms with Crippen molar-refractivity contribution in [3.63, 3.8) is 0 Å². The van der Waals surface area contributed by atoms with Crippen LogP contribution in [0.15, 0.2) is 54.6 Å².